The number of urea groups is 1. The number of hydrogen-bond acceptors (Lipinski definition) is 4. The van der Waals surface area contributed by atoms with Crippen molar-refractivity contribution in [2.24, 2.45) is 0 Å². The highest BCUT2D eigenvalue weighted by molar-refractivity contribution is 5.99. The summed E-state index contributed by atoms with van der Waals surface area (Å²) in [5, 5.41) is 5.67. The van der Waals surface area contributed by atoms with Gasteiger partial charge in [-0.2, -0.15) is 0 Å². The van der Waals surface area contributed by atoms with Crippen molar-refractivity contribution in [3.8, 4) is 11.5 Å². The van der Waals surface area contributed by atoms with Gasteiger partial charge in [-0.15, -0.1) is 0 Å². The van der Waals surface area contributed by atoms with Crippen LogP contribution in [0.1, 0.15) is 18.3 Å². The molecular weight excluding hydrogens is 404 g/mol. The maximum Gasteiger partial charge on any atom is 0.323 e. The van der Waals surface area contributed by atoms with Crippen molar-refractivity contribution >= 4 is 28.4 Å². The molecule has 7 nitrogen and oxygen atoms in total. The zero-order chi connectivity index (χ0) is 21.9. The van der Waals surface area contributed by atoms with Crippen LogP contribution in [0.2, 0.25) is 0 Å². The Labute approximate surface area is 186 Å². The first-order valence-corrected chi connectivity index (χ1v) is 10.7. The minimum absolute atomic E-state index is 0.202. The second kappa shape index (κ2) is 8.63. The highest BCUT2D eigenvalue weighted by Crippen LogP contribution is 2.34. The van der Waals surface area contributed by atoms with Gasteiger partial charge in [-0.25, -0.2) is 9.78 Å². The number of carbonyl (C=O) groups is 1. The standard InChI is InChI=1S/C25H24N4O3/c1-2-29-21-6-4-3-5-20(21)28-24(29)14-9-17-7-10-18(11-8-17)26-25(30)27-19-12-13-22-23(15-19)32-16-31-22/h3-8,10-13,15H,2,9,14,16H2,1H3,(H2,26,27,30). The van der Waals surface area contributed by atoms with E-state index in [2.05, 4.69) is 34.3 Å². The number of nitrogens with one attached hydrogen (secondary N) is 2. The van der Waals surface area contributed by atoms with Gasteiger partial charge in [-0.1, -0.05) is 24.3 Å². The summed E-state index contributed by atoms with van der Waals surface area (Å²) in [4.78, 5) is 17.1. The topological polar surface area (TPSA) is 77.4 Å². The first-order chi connectivity index (χ1) is 15.7. The Hall–Kier alpha value is -4.00. The predicted octanol–water partition coefficient (Wildman–Crippen LogP) is 5.21. The Morgan fingerprint density at radius 1 is 0.938 bits per heavy atom. The molecule has 0 atom stereocenters. The first kappa shape index (κ1) is 19.9. The number of aryl methyl sites for hydroxylation is 3. The summed E-state index contributed by atoms with van der Waals surface area (Å²) in [7, 11) is 0. The number of aromatic nitrogens is 2. The Balaban J connectivity index is 1.19. The lowest BCUT2D eigenvalue weighted by molar-refractivity contribution is 0.174. The molecule has 2 heterocycles. The van der Waals surface area contributed by atoms with E-state index in [0.717, 1.165) is 36.4 Å². The number of imidazole rings is 1. The highest BCUT2D eigenvalue weighted by Gasteiger charge is 2.14. The number of nitrogens with zero attached hydrogens (tertiary/aromatic N) is 2. The summed E-state index contributed by atoms with van der Waals surface area (Å²) in [5.74, 6) is 2.41. The van der Waals surface area contributed by atoms with Crippen LogP contribution in [0.15, 0.2) is 66.7 Å². The van der Waals surface area contributed by atoms with E-state index in [1.54, 1.807) is 18.2 Å². The van der Waals surface area contributed by atoms with Gasteiger partial charge in [0.2, 0.25) is 6.79 Å². The van der Waals surface area contributed by atoms with Crippen LogP contribution in [0.3, 0.4) is 0 Å². The molecule has 0 aliphatic carbocycles. The fourth-order valence-electron chi connectivity index (χ4n) is 3.95. The monoisotopic (exact) mass is 428 g/mol. The van der Waals surface area contributed by atoms with E-state index < -0.39 is 0 Å². The third-order valence-corrected chi connectivity index (χ3v) is 5.53. The van der Waals surface area contributed by atoms with Crippen LogP contribution in [-0.4, -0.2) is 22.4 Å². The third-order valence-electron chi connectivity index (χ3n) is 5.53. The van der Waals surface area contributed by atoms with Crippen LogP contribution < -0.4 is 20.1 Å². The summed E-state index contributed by atoms with van der Waals surface area (Å²) < 4.78 is 12.9. The van der Waals surface area contributed by atoms with Gasteiger partial charge in [0.15, 0.2) is 11.5 Å². The summed E-state index contributed by atoms with van der Waals surface area (Å²) in [6.45, 7) is 3.25. The van der Waals surface area contributed by atoms with Gasteiger partial charge in [-0.05, 0) is 55.3 Å². The summed E-state index contributed by atoms with van der Waals surface area (Å²) in [6, 6.07) is 21.1. The smallest absolute Gasteiger partial charge is 0.323 e. The molecule has 7 heteroatoms. The Bertz CT molecular complexity index is 1260. The molecular formula is C25H24N4O3. The van der Waals surface area contributed by atoms with Gasteiger partial charge in [0.05, 0.1) is 11.0 Å². The fraction of sp³-hybridized carbons (Fsp3) is 0.200. The van der Waals surface area contributed by atoms with Gasteiger partial charge in [-0.3, -0.25) is 0 Å². The second-order valence-electron chi connectivity index (χ2n) is 7.61. The lowest BCUT2D eigenvalue weighted by Gasteiger charge is -2.09. The molecule has 1 aromatic heterocycles. The Kier molecular flexibility index (Phi) is 5.37. The molecule has 0 saturated carbocycles. The summed E-state index contributed by atoms with van der Waals surface area (Å²) in [5.41, 5.74) is 4.78. The number of amides is 2. The molecule has 0 fully saturated rings. The molecule has 0 spiro atoms. The van der Waals surface area contributed by atoms with Crippen molar-refractivity contribution in [2.75, 3.05) is 17.4 Å². The van der Waals surface area contributed by atoms with Gasteiger partial charge < -0.3 is 24.7 Å². The molecule has 0 unspecified atom stereocenters. The number of rotatable bonds is 6. The quantitative estimate of drug-likeness (QED) is 0.442. The molecule has 2 N–H and O–H groups in total. The second-order valence-corrected chi connectivity index (χ2v) is 7.61. The van der Waals surface area contributed by atoms with Crippen molar-refractivity contribution < 1.29 is 14.3 Å². The van der Waals surface area contributed by atoms with Gasteiger partial charge in [0.1, 0.15) is 5.82 Å². The number of hydrogen-bond donors (Lipinski definition) is 2. The van der Waals surface area contributed by atoms with Crippen LogP contribution in [0, 0.1) is 0 Å². The zero-order valence-electron chi connectivity index (χ0n) is 17.8. The lowest BCUT2D eigenvalue weighted by Crippen LogP contribution is -2.19. The summed E-state index contributed by atoms with van der Waals surface area (Å²) >= 11 is 0. The molecule has 1 aliphatic rings. The number of benzene rings is 3. The van der Waals surface area contributed by atoms with Crippen molar-refractivity contribution in [1.82, 2.24) is 9.55 Å². The van der Waals surface area contributed by atoms with Crippen molar-refractivity contribution in [2.45, 2.75) is 26.3 Å². The van der Waals surface area contributed by atoms with Crippen LogP contribution in [0.25, 0.3) is 11.0 Å². The van der Waals surface area contributed by atoms with Crippen molar-refractivity contribution in [3.05, 3.63) is 78.1 Å². The molecule has 0 saturated heterocycles. The van der Waals surface area contributed by atoms with E-state index >= 15 is 0 Å². The van der Waals surface area contributed by atoms with Crippen molar-refractivity contribution in [3.63, 3.8) is 0 Å². The molecule has 5 rings (SSSR count). The molecule has 32 heavy (non-hydrogen) atoms. The Morgan fingerprint density at radius 3 is 2.53 bits per heavy atom. The predicted molar refractivity (Wildman–Crippen MR) is 124 cm³/mol. The maximum absolute atomic E-state index is 12.3. The zero-order valence-corrected chi connectivity index (χ0v) is 17.8. The SMILES string of the molecule is CCn1c(CCc2ccc(NC(=O)Nc3ccc4c(c3)OCO4)cc2)nc2ccccc21. The Morgan fingerprint density at radius 2 is 1.69 bits per heavy atom. The number of ether oxygens (including phenoxy) is 2. The van der Waals surface area contributed by atoms with E-state index in [4.69, 9.17) is 14.5 Å². The van der Waals surface area contributed by atoms with E-state index in [-0.39, 0.29) is 12.8 Å². The minimum atomic E-state index is -0.312. The van der Waals surface area contributed by atoms with E-state index in [1.165, 1.54) is 11.1 Å². The molecule has 0 bridgehead atoms. The van der Waals surface area contributed by atoms with E-state index in [0.29, 0.717) is 17.2 Å². The number of carbonyl (C=O) groups excluding carboxylic acids is 1. The number of para-hydroxylation sites is 2. The average Bonchev–Trinajstić information content (AvgIpc) is 3.42. The largest absolute Gasteiger partial charge is 0.454 e. The highest BCUT2D eigenvalue weighted by atomic mass is 16.7. The number of anilines is 2. The minimum Gasteiger partial charge on any atom is -0.454 e. The number of fused-ring (bicyclic) bond motifs is 2. The van der Waals surface area contributed by atoms with E-state index in [1.807, 2.05) is 36.4 Å². The van der Waals surface area contributed by atoms with Crippen molar-refractivity contribution in [1.29, 1.82) is 0 Å². The first-order valence-electron chi connectivity index (χ1n) is 10.7. The normalized spacial score (nSPS) is 12.2. The van der Waals surface area contributed by atoms with Crippen LogP contribution in [0.4, 0.5) is 16.2 Å². The van der Waals surface area contributed by atoms with Crippen LogP contribution in [-0.2, 0) is 19.4 Å². The molecule has 4 aromatic rings. The van der Waals surface area contributed by atoms with Crippen LogP contribution in [0.5, 0.6) is 11.5 Å². The fourth-order valence-corrected chi connectivity index (χ4v) is 3.95. The maximum atomic E-state index is 12.3. The van der Waals surface area contributed by atoms with Gasteiger partial charge >= 0.3 is 6.03 Å². The van der Waals surface area contributed by atoms with Gasteiger partial charge in [0.25, 0.3) is 0 Å². The molecule has 1 aliphatic heterocycles. The van der Waals surface area contributed by atoms with Crippen LogP contribution >= 0.6 is 0 Å². The lowest BCUT2D eigenvalue weighted by atomic mass is 10.1. The summed E-state index contributed by atoms with van der Waals surface area (Å²) in [6.07, 6.45) is 1.74. The van der Waals surface area contributed by atoms with E-state index in [9.17, 15) is 4.79 Å². The molecule has 2 amide bonds. The van der Waals surface area contributed by atoms with Gasteiger partial charge in [0, 0.05) is 30.4 Å². The molecule has 0 radical (unpaired) electrons. The molecule has 3 aromatic carbocycles. The third kappa shape index (κ3) is 4.09. The molecule has 162 valence electrons. The average molecular weight is 428 g/mol.